The number of nitrogens with zero attached hydrogens (tertiary/aromatic N) is 2. The molecule has 0 saturated heterocycles. The van der Waals surface area contributed by atoms with Crippen molar-refractivity contribution in [3.63, 3.8) is 0 Å². The molecule has 1 N–H and O–H groups in total. The van der Waals surface area contributed by atoms with Crippen molar-refractivity contribution in [2.45, 2.75) is 0 Å². The third-order valence-electron chi connectivity index (χ3n) is 1.95. The Kier molecular flexibility index (Phi) is 1.73. The molecule has 66 valence electrons. The Labute approximate surface area is 75.2 Å². The number of carboxylic acid groups (broad SMARTS) is 1. The summed E-state index contributed by atoms with van der Waals surface area (Å²) < 4.78 is 0. The van der Waals surface area contributed by atoms with Crippen molar-refractivity contribution in [2.75, 3.05) is 6.54 Å². The molecule has 0 aromatic rings. The molecular formula is C9H8N2O2. The van der Waals surface area contributed by atoms with Gasteiger partial charge in [-0.05, 0) is 23.3 Å². The number of aliphatic imine (C=N–C) groups is 1. The second-order valence-corrected chi connectivity index (χ2v) is 2.80. The summed E-state index contributed by atoms with van der Waals surface area (Å²) in [4.78, 5) is 15.8. The predicted octanol–water partition coefficient (Wildman–Crippen LogP) is 1.39. The van der Waals surface area contributed by atoms with Crippen molar-refractivity contribution >= 4 is 12.3 Å². The summed E-state index contributed by atoms with van der Waals surface area (Å²) >= 11 is 0. The lowest BCUT2D eigenvalue weighted by molar-refractivity contribution is 0.167. The monoisotopic (exact) mass is 176 g/mol. The van der Waals surface area contributed by atoms with Crippen LogP contribution in [0.25, 0.3) is 0 Å². The van der Waals surface area contributed by atoms with Crippen LogP contribution in [0.15, 0.2) is 40.7 Å². The topological polar surface area (TPSA) is 52.9 Å². The fraction of sp³-hybridized carbons (Fsp3) is 0.111. The molecule has 0 radical (unpaired) electrons. The van der Waals surface area contributed by atoms with Crippen LogP contribution in [-0.4, -0.2) is 28.9 Å². The van der Waals surface area contributed by atoms with Gasteiger partial charge in [-0.1, -0.05) is 0 Å². The van der Waals surface area contributed by atoms with Gasteiger partial charge in [-0.15, -0.1) is 0 Å². The van der Waals surface area contributed by atoms with Gasteiger partial charge in [0.05, 0.1) is 6.54 Å². The Hall–Kier alpha value is -1.84. The Morgan fingerprint density at radius 1 is 1.62 bits per heavy atom. The lowest BCUT2D eigenvalue weighted by atomic mass is 10.1. The molecule has 0 aliphatic carbocycles. The minimum atomic E-state index is -0.924. The highest BCUT2D eigenvalue weighted by Gasteiger charge is 2.20. The van der Waals surface area contributed by atoms with Crippen LogP contribution in [0.5, 0.6) is 0 Å². The van der Waals surface area contributed by atoms with Crippen LogP contribution in [0.4, 0.5) is 4.79 Å². The lowest BCUT2D eigenvalue weighted by Crippen LogP contribution is -2.21. The fourth-order valence-electron chi connectivity index (χ4n) is 1.30. The van der Waals surface area contributed by atoms with Crippen LogP contribution in [0, 0.1) is 0 Å². The summed E-state index contributed by atoms with van der Waals surface area (Å²) in [6.07, 6.45) is 7.64. The molecule has 0 atom stereocenters. The number of rotatable bonds is 0. The van der Waals surface area contributed by atoms with Crippen molar-refractivity contribution in [1.82, 2.24) is 4.90 Å². The van der Waals surface area contributed by atoms with Gasteiger partial charge in [-0.3, -0.25) is 9.89 Å². The zero-order valence-electron chi connectivity index (χ0n) is 6.84. The van der Waals surface area contributed by atoms with E-state index < -0.39 is 6.09 Å². The van der Waals surface area contributed by atoms with Gasteiger partial charge in [-0.2, -0.15) is 0 Å². The van der Waals surface area contributed by atoms with E-state index >= 15 is 0 Å². The van der Waals surface area contributed by atoms with E-state index in [1.807, 2.05) is 6.08 Å². The van der Waals surface area contributed by atoms with E-state index in [2.05, 4.69) is 4.99 Å². The number of hydrogen-bond acceptors (Lipinski definition) is 2. The summed E-state index contributed by atoms with van der Waals surface area (Å²) in [6, 6.07) is 0. The normalized spacial score (nSPS) is 19.2. The van der Waals surface area contributed by atoms with E-state index in [-0.39, 0.29) is 0 Å². The molecule has 0 aromatic carbocycles. The van der Waals surface area contributed by atoms with E-state index in [1.165, 1.54) is 4.90 Å². The van der Waals surface area contributed by atoms with Crippen molar-refractivity contribution in [1.29, 1.82) is 0 Å². The zero-order chi connectivity index (χ0) is 9.26. The lowest BCUT2D eigenvalue weighted by Gasteiger charge is -2.06. The summed E-state index contributed by atoms with van der Waals surface area (Å²) in [5.74, 6) is 0. The minimum Gasteiger partial charge on any atom is -0.465 e. The molecule has 2 aliphatic rings. The Balaban J connectivity index is 2.31. The summed E-state index contributed by atoms with van der Waals surface area (Å²) in [5, 5.41) is 8.73. The van der Waals surface area contributed by atoms with Crippen LogP contribution in [0.1, 0.15) is 0 Å². The number of allylic oxidation sites excluding steroid dienone is 2. The second-order valence-electron chi connectivity index (χ2n) is 2.80. The summed E-state index contributed by atoms with van der Waals surface area (Å²) in [7, 11) is 0. The molecular weight excluding hydrogens is 168 g/mol. The SMILES string of the molecule is O=C(O)N1C=C2C=CN=CC=C2C1. The van der Waals surface area contributed by atoms with Crippen LogP contribution in [0.2, 0.25) is 0 Å². The average molecular weight is 176 g/mol. The Morgan fingerprint density at radius 3 is 3.23 bits per heavy atom. The number of carbonyl (C=O) groups is 1. The van der Waals surface area contributed by atoms with Gasteiger partial charge in [-0.25, -0.2) is 4.79 Å². The van der Waals surface area contributed by atoms with Crippen molar-refractivity contribution < 1.29 is 9.90 Å². The predicted molar refractivity (Wildman–Crippen MR) is 48.5 cm³/mol. The van der Waals surface area contributed by atoms with Crippen LogP contribution >= 0.6 is 0 Å². The maximum Gasteiger partial charge on any atom is 0.411 e. The fourth-order valence-corrected chi connectivity index (χ4v) is 1.30. The Morgan fingerprint density at radius 2 is 2.46 bits per heavy atom. The smallest absolute Gasteiger partial charge is 0.411 e. The average Bonchev–Trinajstić information content (AvgIpc) is 2.38. The molecule has 0 saturated carbocycles. The first-order chi connectivity index (χ1) is 6.27. The highest BCUT2D eigenvalue weighted by molar-refractivity contribution is 5.78. The maximum atomic E-state index is 10.6. The standard InChI is InChI=1S/C9H8N2O2/c12-9(13)11-5-7-1-3-10-4-2-8(7)6-11/h1-5H,6H2,(H,12,13). The van der Waals surface area contributed by atoms with E-state index in [0.29, 0.717) is 6.54 Å². The van der Waals surface area contributed by atoms with Gasteiger partial charge in [0.2, 0.25) is 0 Å². The molecule has 0 spiro atoms. The second kappa shape index (κ2) is 2.90. The molecule has 2 heterocycles. The van der Waals surface area contributed by atoms with Crippen molar-refractivity contribution in [3.8, 4) is 0 Å². The number of fused-ring (bicyclic) bond motifs is 1. The number of hydrogen-bond donors (Lipinski definition) is 1. The molecule has 1 amide bonds. The Bertz CT molecular complexity index is 364. The van der Waals surface area contributed by atoms with Gasteiger partial charge in [0.15, 0.2) is 0 Å². The third kappa shape index (κ3) is 1.38. The van der Waals surface area contributed by atoms with Gasteiger partial charge >= 0.3 is 6.09 Å². The third-order valence-corrected chi connectivity index (χ3v) is 1.95. The first-order valence-corrected chi connectivity index (χ1v) is 3.88. The van der Waals surface area contributed by atoms with E-state index in [4.69, 9.17) is 5.11 Å². The van der Waals surface area contributed by atoms with Gasteiger partial charge < -0.3 is 5.11 Å². The van der Waals surface area contributed by atoms with Gasteiger partial charge in [0, 0.05) is 18.6 Å². The quantitative estimate of drug-likeness (QED) is 0.606. The molecule has 4 nitrogen and oxygen atoms in total. The van der Waals surface area contributed by atoms with Gasteiger partial charge in [0.1, 0.15) is 0 Å². The molecule has 0 bridgehead atoms. The summed E-state index contributed by atoms with van der Waals surface area (Å²) in [6.45, 7) is 0.418. The molecule has 0 unspecified atom stereocenters. The highest BCUT2D eigenvalue weighted by atomic mass is 16.4. The zero-order valence-corrected chi connectivity index (χ0v) is 6.84. The van der Waals surface area contributed by atoms with Crippen LogP contribution in [-0.2, 0) is 0 Å². The van der Waals surface area contributed by atoms with E-state index in [1.54, 1.807) is 24.7 Å². The maximum absolute atomic E-state index is 10.6. The van der Waals surface area contributed by atoms with E-state index in [9.17, 15) is 4.79 Å². The molecule has 4 heteroatoms. The minimum absolute atomic E-state index is 0.418. The number of amides is 1. The summed E-state index contributed by atoms with van der Waals surface area (Å²) in [5.41, 5.74) is 1.90. The first kappa shape index (κ1) is 7.79. The molecule has 0 fully saturated rings. The van der Waals surface area contributed by atoms with Crippen molar-refractivity contribution in [3.05, 3.63) is 35.7 Å². The van der Waals surface area contributed by atoms with E-state index in [0.717, 1.165) is 11.1 Å². The van der Waals surface area contributed by atoms with Crippen LogP contribution in [0.3, 0.4) is 0 Å². The van der Waals surface area contributed by atoms with Crippen LogP contribution < -0.4 is 0 Å². The molecule has 2 aliphatic heterocycles. The highest BCUT2D eigenvalue weighted by Crippen LogP contribution is 2.22. The first-order valence-electron chi connectivity index (χ1n) is 3.88. The molecule has 13 heavy (non-hydrogen) atoms. The largest absolute Gasteiger partial charge is 0.465 e. The molecule has 2 rings (SSSR count). The molecule has 0 aromatic heterocycles. The van der Waals surface area contributed by atoms with Gasteiger partial charge in [0.25, 0.3) is 0 Å². The van der Waals surface area contributed by atoms with Crippen molar-refractivity contribution in [2.24, 2.45) is 4.99 Å².